The quantitative estimate of drug-likeness (QED) is 0.908. The lowest BCUT2D eigenvalue weighted by Gasteiger charge is -2.61. The number of rotatable bonds is 5. The monoisotopic (exact) mass is 309 g/mol. The number of aromatic nitrogens is 1. The van der Waals surface area contributed by atoms with Gasteiger partial charge in [-0.1, -0.05) is 25.9 Å². The normalized spacial score (nSPS) is 26.4. The number of aryl methyl sites for hydroxylation is 1. The number of amides is 2. The van der Waals surface area contributed by atoms with Gasteiger partial charge in [0.2, 0.25) is 0 Å². The highest BCUT2D eigenvalue weighted by atomic mass is 16.5. The Morgan fingerprint density at radius 1 is 1.55 bits per heavy atom. The number of nitrogens with zero attached hydrogens (tertiary/aromatic N) is 2. The highest BCUT2D eigenvalue weighted by Gasteiger charge is 2.59. The molecule has 6 nitrogen and oxygen atoms in total. The van der Waals surface area contributed by atoms with Crippen LogP contribution < -0.4 is 5.32 Å². The van der Waals surface area contributed by atoms with Crippen molar-refractivity contribution >= 4 is 6.03 Å². The Morgan fingerprint density at radius 2 is 2.23 bits per heavy atom. The summed E-state index contributed by atoms with van der Waals surface area (Å²) >= 11 is 0. The molecule has 1 N–H and O–H groups in total. The van der Waals surface area contributed by atoms with Crippen LogP contribution >= 0.6 is 0 Å². The first kappa shape index (κ1) is 16.8. The van der Waals surface area contributed by atoms with E-state index in [1.807, 2.05) is 20.0 Å². The van der Waals surface area contributed by atoms with E-state index in [9.17, 15) is 4.79 Å². The van der Waals surface area contributed by atoms with Gasteiger partial charge in [0.05, 0.1) is 17.8 Å². The molecule has 1 saturated carbocycles. The number of urea groups is 1. The van der Waals surface area contributed by atoms with Crippen molar-refractivity contribution in [3.05, 3.63) is 17.5 Å². The van der Waals surface area contributed by atoms with Gasteiger partial charge in [0.25, 0.3) is 0 Å². The van der Waals surface area contributed by atoms with Crippen molar-refractivity contribution in [3.8, 4) is 0 Å². The van der Waals surface area contributed by atoms with E-state index in [2.05, 4.69) is 31.2 Å². The van der Waals surface area contributed by atoms with Gasteiger partial charge < -0.3 is 19.5 Å². The van der Waals surface area contributed by atoms with Crippen LogP contribution in [-0.4, -0.2) is 41.9 Å². The zero-order chi connectivity index (χ0) is 16.5. The van der Waals surface area contributed by atoms with Gasteiger partial charge in [-0.15, -0.1) is 0 Å². The third-order valence-electron chi connectivity index (χ3n) is 5.40. The molecule has 2 atom stereocenters. The zero-order valence-electron chi connectivity index (χ0n) is 14.4. The lowest BCUT2D eigenvalue weighted by atomic mass is 9.55. The minimum Gasteiger partial charge on any atom is -0.378 e. The van der Waals surface area contributed by atoms with Crippen LogP contribution in [0.1, 0.15) is 45.6 Å². The molecule has 0 aromatic carbocycles. The van der Waals surface area contributed by atoms with Crippen LogP contribution in [0.5, 0.6) is 0 Å². The van der Waals surface area contributed by atoms with E-state index in [0.717, 1.165) is 18.5 Å². The van der Waals surface area contributed by atoms with Crippen LogP contribution in [0.15, 0.2) is 10.6 Å². The highest BCUT2D eigenvalue weighted by Crippen LogP contribution is 2.53. The van der Waals surface area contributed by atoms with Crippen LogP contribution in [0.25, 0.3) is 0 Å². The summed E-state index contributed by atoms with van der Waals surface area (Å²) in [4.78, 5) is 14.1. The van der Waals surface area contributed by atoms with Crippen molar-refractivity contribution in [2.45, 2.75) is 58.7 Å². The van der Waals surface area contributed by atoms with E-state index in [4.69, 9.17) is 9.26 Å². The molecule has 0 saturated heterocycles. The number of hydrogen-bond acceptors (Lipinski definition) is 4. The fourth-order valence-corrected chi connectivity index (χ4v) is 3.11. The summed E-state index contributed by atoms with van der Waals surface area (Å²) in [6, 6.07) is 1.92. The van der Waals surface area contributed by atoms with Crippen LogP contribution in [-0.2, 0) is 17.7 Å². The third kappa shape index (κ3) is 2.72. The van der Waals surface area contributed by atoms with Gasteiger partial charge in [-0.25, -0.2) is 4.79 Å². The van der Waals surface area contributed by atoms with Gasteiger partial charge in [-0.2, -0.15) is 0 Å². The molecule has 2 rings (SSSR count). The zero-order valence-corrected chi connectivity index (χ0v) is 14.4. The molecule has 1 aromatic rings. The molecule has 0 aliphatic heterocycles. The van der Waals surface area contributed by atoms with Gasteiger partial charge in [0.1, 0.15) is 0 Å². The highest BCUT2D eigenvalue weighted by molar-refractivity contribution is 5.74. The van der Waals surface area contributed by atoms with Crippen molar-refractivity contribution < 1.29 is 14.1 Å². The lowest BCUT2D eigenvalue weighted by Crippen LogP contribution is -2.69. The van der Waals surface area contributed by atoms with Crippen LogP contribution in [0.3, 0.4) is 0 Å². The summed E-state index contributed by atoms with van der Waals surface area (Å²) < 4.78 is 10.8. The van der Waals surface area contributed by atoms with Crippen molar-refractivity contribution in [3.63, 3.8) is 0 Å². The first-order valence-electron chi connectivity index (χ1n) is 7.75. The van der Waals surface area contributed by atoms with Crippen molar-refractivity contribution in [1.82, 2.24) is 15.4 Å². The molecule has 1 fully saturated rings. The SMILES string of the molecule is CCc1cc(CNC(=O)N(C)[C@H]2C[C@@](C)(OC)C2(C)C)on1. The second kappa shape index (κ2) is 5.91. The molecule has 0 unspecified atom stereocenters. The summed E-state index contributed by atoms with van der Waals surface area (Å²) in [5, 5.41) is 6.80. The van der Waals surface area contributed by atoms with E-state index >= 15 is 0 Å². The van der Waals surface area contributed by atoms with Crippen LogP contribution in [0.2, 0.25) is 0 Å². The van der Waals surface area contributed by atoms with Crippen molar-refractivity contribution in [1.29, 1.82) is 0 Å². The van der Waals surface area contributed by atoms with Crippen LogP contribution in [0.4, 0.5) is 4.79 Å². The second-order valence-electron chi connectivity index (χ2n) is 6.78. The molecule has 0 radical (unpaired) electrons. The van der Waals surface area contributed by atoms with Gasteiger partial charge in [-0.05, 0) is 19.8 Å². The molecule has 6 heteroatoms. The minimum absolute atomic E-state index is 0.0878. The molecule has 1 aliphatic rings. The Balaban J connectivity index is 1.90. The molecule has 0 bridgehead atoms. The second-order valence-corrected chi connectivity index (χ2v) is 6.78. The minimum atomic E-state index is -0.187. The molecule has 22 heavy (non-hydrogen) atoms. The molecule has 0 spiro atoms. The fraction of sp³-hybridized carbons (Fsp3) is 0.750. The first-order valence-corrected chi connectivity index (χ1v) is 7.75. The summed E-state index contributed by atoms with van der Waals surface area (Å²) in [5.74, 6) is 0.674. The Labute approximate surface area is 132 Å². The molecular formula is C16H27N3O3. The maximum atomic E-state index is 12.3. The topological polar surface area (TPSA) is 67.6 Å². The molecular weight excluding hydrogens is 282 g/mol. The standard InChI is InChI=1S/C16H27N3O3/c1-7-11-8-12(22-18-11)10-17-14(20)19(5)13-9-16(4,21-6)15(13,2)3/h8,13H,7,9-10H2,1-6H3,(H,17,20)/t13-,16+/m0/s1. The number of carbonyl (C=O) groups is 1. The van der Waals surface area contributed by atoms with E-state index in [1.54, 1.807) is 12.0 Å². The van der Waals surface area contributed by atoms with Gasteiger partial charge in [0, 0.05) is 31.7 Å². The van der Waals surface area contributed by atoms with Gasteiger partial charge in [-0.3, -0.25) is 0 Å². The summed E-state index contributed by atoms with van der Waals surface area (Å²) in [6.07, 6.45) is 1.66. The molecule has 124 valence electrons. The number of methoxy groups -OCH3 is 1. The fourth-order valence-electron chi connectivity index (χ4n) is 3.11. The Kier molecular flexibility index (Phi) is 4.52. The average molecular weight is 309 g/mol. The van der Waals surface area contributed by atoms with E-state index in [0.29, 0.717) is 12.3 Å². The summed E-state index contributed by atoms with van der Waals surface area (Å²) in [5.41, 5.74) is 0.622. The van der Waals surface area contributed by atoms with Crippen LogP contribution in [0, 0.1) is 5.41 Å². The van der Waals surface area contributed by atoms with Crippen molar-refractivity contribution in [2.24, 2.45) is 5.41 Å². The number of nitrogens with one attached hydrogen (secondary N) is 1. The number of hydrogen-bond donors (Lipinski definition) is 1. The molecule has 1 heterocycles. The largest absolute Gasteiger partial charge is 0.378 e. The first-order chi connectivity index (χ1) is 10.2. The predicted molar refractivity (Wildman–Crippen MR) is 83.5 cm³/mol. The van der Waals surface area contributed by atoms with E-state index in [-0.39, 0.29) is 23.1 Å². The maximum Gasteiger partial charge on any atom is 0.317 e. The Bertz CT molecular complexity index is 540. The molecule has 1 aliphatic carbocycles. The Morgan fingerprint density at radius 3 is 2.73 bits per heavy atom. The van der Waals surface area contributed by atoms with E-state index in [1.165, 1.54) is 0 Å². The Hall–Kier alpha value is -1.56. The third-order valence-corrected chi connectivity index (χ3v) is 5.40. The molecule has 1 aromatic heterocycles. The number of carbonyl (C=O) groups excluding carboxylic acids is 1. The molecule has 2 amide bonds. The van der Waals surface area contributed by atoms with Gasteiger partial charge >= 0.3 is 6.03 Å². The number of ether oxygens (including phenoxy) is 1. The maximum absolute atomic E-state index is 12.3. The van der Waals surface area contributed by atoms with Gasteiger partial charge in [0.15, 0.2) is 5.76 Å². The summed E-state index contributed by atoms with van der Waals surface area (Å²) in [7, 11) is 3.56. The summed E-state index contributed by atoms with van der Waals surface area (Å²) in [6.45, 7) is 8.73. The predicted octanol–water partition coefficient (Wildman–Crippen LogP) is 2.58. The van der Waals surface area contributed by atoms with Crippen molar-refractivity contribution in [2.75, 3.05) is 14.2 Å². The average Bonchev–Trinajstić information content (AvgIpc) is 2.97. The lowest BCUT2D eigenvalue weighted by molar-refractivity contribution is -0.198. The smallest absolute Gasteiger partial charge is 0.317 e. The van der Waals surface area contributed by atoms with E-state index < -0.39 is 0 Å².